The highest BCUT2D eigenvalue weighted by Crippen LogP contribution is 2.65. The summed E-state index contributed by atoms with van der Waals surface area (Å²) in [6.07, 6.45) is 7.46. The van der Waals surface area contributed by atoms with Crippen LogP contribution in [0.1, 0.15) is 110 Å². The molecule has 7 atom stereocenters. The molecule has 12 nitrogen and oxygen atoms in total. The molecule has 1 aromatic heterocycles. The molecule has 4 fully saturated rings. The number of carbonyl (C=O) groups excluding carboxylic acids is 5. The number of rotatable bonds is 13. The molecule has 0 spiro atoms. The van der Waals surface area contributed by atoms with Crippen LogP contribution in [0.3, 0.4) is 0 Å². The summed E-state index contributed by atoms with van der Waals surface area (Å²) in [7, 11) is 0. The number of nitrogens with zero attached hydrogens (tertiary/aromatic N) is 2. The number of likely N-dealkylation sites (tertiary alicyclic amines) is 1. The molecule has 0 aromatic carbocycles. The highest BCUT2D eigenvalue weighted by Gasteiger charge is 2.70. The number of piperidine rings is 1. The molecule has 0 bridgehead atoms. The van der Waals surface area contributed by atoms with E-state index in [1.54, 1.807) is 23.1 Å². The summed E-state index contributed by atoms with van der Waals surface area (Å²) in [4.78, 5) is 74.5. The number of aliphatic hydroxyl groups excluding tert-OH is 1. The lowest BCUT2D eigenvalue weighted by molar-refractivity contribution is -0.146. The van der Waals surface area contributed by atoms with Crippen LogP contribution in [0.4, 0.5) is 0 Å². The SMILES string of the molecule is CCC[C@H](NC(=O)[C@@H]1[C@@H]2[C@H](CN1C(=O)[C@@H](NC(=O)[C@@H](NC(=O)c1ccccn1)C1CCCCC1)C(C)(C)C)C2(C)C)C(O)C(=O)NC1CC1. The van der Waals surface area contributed by atoms with Gasteiger partial charge >= 0.3 is 0 Å². The Hall–Kier alpha value is -3.54. The van der Waals surface area contributed by atoms with Crippen molar-refractivity contribution >= 4 is 29.5 Å². The zero-order valence-corrected chi connectivity index (χ0v) is 30.0. The Morgan fingerprint density at radius 3 is 2.27 bits per heavy atom. The van der Waals surface area contributed by atoms with Crippen LogP contribution in [0.15, 0.2) is 24.4 Å². The van der Waals surface area contributed by atoms with E-state index in [2.05, 4.69) is 40.1 Å². The Balaban J connectivity index is 1.35. The minimum absolute atomic E-state index is 0.0710. The number of aliphatic hydroxyl groups is 1. The van der Waals surface area contributed by atoms with Gasteiger partial charge in [0.2, 0.25) is 17.7 Å². The molecule has 270 valence electrons. The normalized spacial score (nSPS) is 25.6. The lowest BCUT2D eigenvalue weighted by atomic mass is 9.82. The van der Waals surface area contributed by atoms with Crippen LogP contribution in [0.5, 0.6) is 0 Å². The summed E-state index contributed by atoms with van der Waals surface area (Å²) in [5.41, 5.74) is -0.674. The molecule has 5 rings (SSSR count). The van der Waals surface area contributed by atoms with Gasteiger partial charge < -0.3 is 31.3 Å². The van der Waals surface area contributed by atoms with Gasteiger partial charge in [0.25, 0.3) is 11.8 Å². The number of amides is 5. The summed E-state index contributed by atoms with van der Waals surface area (Å²) >= 11 is 0. The molecule has 1 aromatic rings. The number of hydrogen-bond donors (Lipinski definition) is 5. The lowest BCUT2D eigenvalue weighted by Crippen LogP contribution is -2.63. The van der Waals surface area contributed by atoms with Crippen molar-refractivity contribution in [2.45, 2.75) is 136 Å². The fourth-order valence-electron chi connectivity index (χ4n) is 8.02. The first-order valence-electron chi connectivity index (χ1n) is 18.3. The molecule has 1 aliphatic heterocycles. The first-order valence-corrected chi connectivity index (χ1v) is 18.3. The van der Waals surface area contributed by atoms with Crippen molar-refractivity contribution < 1.29 is 29.1 Å². The second-order valence-electron chi connectivity index (χ2n) is 16.4. The second kappa shape index (κ2) is 14.7. The van der Waals surface area contributed by atoms with Crippen molar-refractivity contribution in [2.24, 2.45) is 28.6 Å². The summed E-state index contributed by atoms with van der Waals surface area (Å²) in [6.45, 7) is 12.1. The molecule has 12 heteroatoms. The van der Waals surface area contributed by atoms with Gasteiger partial charge in [0, 0.05) is 18.8 Å². The zero-order chi connectivity index (χ0) is 35.7. The molecule has 49 heavy (non-hydrogen) atoms. The molecule has 2 heterocycles. The van der Waals surface area contributed by atoms with E-state index in [-0.39, 0.29) is 40.8 Å². The maximum atomic E-state index is 14.6. The number of pyridine rings is 1. The van der Waals surface area contributed by atoms with E-state index in [9.17, 15) is 29.1 Å². The van der Waals surface area contributed by atoms with Crippen LogP contribution in [-0.2, 0) is 19.2 Å². The van der Waals surface area contributed by atoms with Crippen molar-refractivity contribution in [3.8, 4) is 0 Å². The standard InChI is InChI=1S/C37H56N6O6/c1-7-13-24(29(44)34(48)39-22-17-18-22)40-33(47)28-26-23(37(26,5)6)20-43(28)35(49)30(36(2,3)4)42-32(46)27(21-14-9-8-10-15-21)41-31(45)25-16-11-12-19-38-25/h11-12,16,19,21-24,26-30,44H,7-10,13-15,17-18,20H2,1-6H3,(H,39,48)(H,40,47)(H,41,45)(H,42,46)/t23-,24-,26-,27-,28-,29?,30+/m0/s1. The predicted octanol–water partition coefficient (Wildman–Crippen LogP) is 2.70. The van der Waals surface area contributed by atoms with Gasteiger partial charge in [-0.1, -0.05) is 73.3 Å². The summed E-state index contributed by atoms with van der Waals surface area (Å²) in [6, 6.07) is 1.66. The number of carbonyl (C=O) groups is 5. The first-order chi connectivity index (χ1) is 23.1. The monoisotopic (exact) mass is 680 g/mol. The van der Waals surface area contributed by atoms with Crippen LogP contribution in [0.2, 0.25) is 0 Å². The number of hydrogen-bond acceptors (Lipinski definition) is 7. The summed E-state index contributed by atoms with van der Waals surface area (Å²) in [5, 5.41) is 22.7. The molecule has 1 saturated heterocycles. The van der Waals surface area contributed by atoms with Gasteiger partial charge in [-0.3, -0.25) is 29.0 Å². The molecular formula is C37H56N6O6. The Kier molecular flexibility index (Phi) is 11.1. The smallest absolute Gasteiger partial charge is 0.270 e. The van der Waals surface area contributed by atoms with Gasteiger partial charge in [0.15, 0.2) is 6.10 Å². The van der Waals surface area contributed by atoms with E-state index < -0.39 is 59.3 Å². The lowest BCUT2D eigenvalue weighted by Gasteiger charge is -2.39. The molecular weight excluding hydrogens is 624 g/mol. The Labute approximate surface area is 290 Å². The van der Waals surface area contributed by atoms with Gasteiger partial charge in [0.1, 0.15) is 23.8 Å². The van der Waals surface area contributed by atoms with E-state index in [4.69, 9.17) is 0 Å². The Morgan fingerprint density at radius 1 is 0.980 bits per heavy atom. The van der Waals surface area contributed by atoms with E-state index in [0.29, 0.717) is 19.4 Å². The third-order valence-corrected chi connectivity index (χ3v) is 11.2. The molecule has 1 unspecified atom stereocenters. The molecule has 4 aliphatic rings. The van der Waals surface area contributed by atoms with Crippen molar-refractivity contribution in [1.82, 2.24) is 31.2 Å². The van der Waals surface area contributed by atoms with E-state index in [1.807, 2.05) is 27.7 Å². The fourth-order valence-corrected chi connectivity index (χ4v) is 8.02. The van der Waals surface area contributed by atoms with Crippen molar-refractivity contribution in [2.75, 3.05) is 6.54 Å². The van der Waals surface area contributed by atoms with Crippen molar-refractivity contribution in [3.63, 3.8) is 0 Å². The number of fused-ring (bicyclic) bond motifs is 1. The van der Waals surface area contributed by atoms with Gasteiger partial charge in [-0.2, -0.15) is 0 Å². The number of nitrogens with one attached hydrogen (secondary N) is 4. The predicted molar refractivity (Wildman–Crippen MR) is 184 cm³/mol. The summed E-state index contributed by atoms with van der Waals surface area (Å²) < 4.78 is 0. The van der Waals surface area contributed by atoms with Crippen LogP contribution in [-0.4, -0.2) is 87.4 Å². The van der Waals surface area contributed by atoms with Crippen LogP contribution >= 0.6 is 0 Å². The van der Waals surface area contributed by atoms with Gasteiger partial charge in [-0.25, -0.2) is 0 Å². The minimum atomic E-state index is -1.40. The molecule has 0 radical (unpaired) electrons. The van der Waals surface area contributed by atoms with Crippen LogP contribution < -0.4 is 21.3 Å². The maximum absolute atomic E-state index is 14.6. The maximum Gasteiger partial charge on any atom is 0.270 e. The topological polar surface area (TPSA) is 170 Å². The van der Waals surface area contributed by atoms with Crippen molar-refractivity contribution in [1.29, 1.82) is 0 Å². The van der Waals surface area contributed by atoms with Crippen LogP contribution in [0.25, 0.3) is 0 Å². The zero-order valence-electron chi connectivity index (χ0n) is 30.0. The Bertz CT molecular complexity index is 1390. The van der Waals surface area contributed by atoms with E-state index in [1.165, 1.54) is 6.20 Å². The average molecular weight is 681 g/mol. The molecule has 3 aliphatic carbocycles. The van der Waals surface area contributed by atoms with Crippen molar-refractivity contribution in [3.05, 3.63) is 30.1 Å². The average Bonchev–Trinajstić information content (AvgIpc) is 3.92. The largest absolute Gasteiger partial charge is 0.381 e. The first kappa shape index (κ1) is 36.7. The highest BCUT2D eigenvalue weighted by molar-refractivity contribution is 5.98. The van der Waals surface area contributed by atoms with E-state index >= 15 is 0 Å². The third kappa shape index (κ3) is 8.27. The fraction of sp³-hybridized carbons (Fsp3) is 0.730. The minimum Gasteiger partial charge on any atom is -0.381 e. The van der Waals surface area contributed by atoms with Gasteiger partial charge in [-0.15, -0.1) is 0 Å². The highest BCUT2D eigenvalue weighted by atomic mass is 16.3. The third-order valence-electron chi connectivity index (χ3n) is 11.2. The molecule has 5 amide bonds. The van der Waals surface area contributed by atoms with Gasteiger partial charge in [-0.05, 0) is 72.8 Å². The number of aromatic nitrogens is 1. The summed E-state index contributed by atoms with van der Waals surface area (Å²) in [5.74, 6) is -2.21. The van der Waals surface area contributed by atoms with Gasteiger partial charge in [0.05, 0.1) is 6.04 Å². The second-order valence-corrected chi connectivity index (χ2v) is 16.4. The van der Waals surface area contributed by atoms with E-state index in [0.717, 1.165) is 44.9 Å². The Morgan fingerprint density at radius 2 is 1.67 bits per heavy atom. The quantitative estimate of drug-likeness (QED) is 0.213. The molecule has 5 N–H and O–H groups in total. The van der Waals surface area contributed by atoms with Crippen LogP contribution in [0, 0.1) is 28.6 Å². The molecule has 3 saturated carbocycles.